The zero-order chi connectivity index (χ0) is 14.5. The Bertz CT molecular complexity index is 634. The molecule has 0 radical (unpaired) electrons. The third-order valence-corrected chi connectivity index (χ3v) is 4.12. The second-order valence-electron chi connectivity index (χ2n) is 4.40. The second kappa shape index (κ2) is 4.62. The lowest BCUT2D eigenvalue weighted by Gasteiger charge is -2.18. The zero-order valence-electron chi connectivity index (χ0n) is 10.0. The topological polar surface area (TPSA) is 146 Å². The Hall–Kier alpha value is -1.29. The summed E-state index contributed by atoms with van der Waals surface area (Å²) in [6, 6.07) is 1.38. The van der Waals surface area contributed by atoms with Crippen LogP contribution in [0.1, 0.15) is 6.23 Å². The van der Waals surface area contributed by atoms with Crippen LogP contribution >= 0.6 is 7.82 Å². The quantitative estimate of drug-likeness (QED) is 0.561. The molecular formula is C9H12N3O7P. The number of nitrogens with zero attached hydrogens (tertiary/aromatic N) is 2. The number of anilines is 1. The predicted molar refractivity (Wildman–Crippen MR) is 63.5 cm³/mol. The van der Waals surface area contributed by atoms with E-state index in [-0.39, 0.29) is 5.82 Å². The fourth-order valence-corrected chi connectivity index (χ4v) is 3.42. The Morgan fingerprint density at radius 3 is 2.80 bits per heavy atom. The van der Waals surface area contributed by atoms with Gasteiger partial charge in [-0.15, -0.1) is 0 Å². The third-order valence-electron chi connectivity index (χ3n) is 3.10. The minimum atomic E-state index is -4.21. The van der Waals surface area contributed by atoms with Crippen LogP contribution in [0.15, 0.2) is 17.1 Å². The molecule has 2 unspecified atom stereocenters. The van der Waals surface area contributed by atoms with Crippen LogP contribution in [-0.2, 0) is 18.3 Å². The number of phosphoric ester groups is 1. The van der Waals surface area contributed by atoms with Crippen LogP contribution in [-0.4, -0.2) is 44.5 Å². The molecule has 3 heterocycles. The minimum absolute atomic E-state index is 0.0379. The molecule has 0 aliphatic carbocycles. The van der Waals surface area contributed by atoms with Crippen LogP contribution in [0.3, 0.4) is 0 Å². The highest BCUT2D eigenvalue weighted by Crippen LogP contribution is 2.58. The molecule has 2 aliphatic heterocycles. The van der Waals surface area contributed by atoms with E-state index >= 15 is 0 Å². The molecule has 3 rings (SSSR count). The zero-order valence-corrected chi connectivity index (χ0v) is 10.9. The number of nitrogen functional groups attached to an aromatic ring is 1. The number of nitrogens with two attached hydrogens (primary N) is 1. The Balaban J connectivity index is 1.98. The highest BCUT2D eigenvalue weighted by Gasteiger charge is 2.57. The van der Waals surface area contributed by atoms with Gasteiger partial charge in [0.2, 0.25) is 0 Å². The van der Waals surface area contributed by atoms with Crippen molar-refractivity contribution in [1.82, 2.24) is 9.55 Å². The van der Waals surface area contributed by atoms with E-state index in [1.807, 2.05) is 0 Å². The van der Waals surface area contributed by atoms with Crippen LogP contribution in [0.2, 0.25) is 0 Å². The average Bonchev–Trinajstić information content (AvgIpc) is 2.83. The first-order valence-corrected chi connectivity index (χ1v) is 7.21. The van der Waals surface area contributed by atoms with E-state index < -0.39 is 44.7 Å². The van der Waals surface area contributed by atoms with Crippen molar-refractivity contribution in [3.05, 3.63) is 22.7 Å². The molecule has 0 bridgehead atoms. The number of phosphoric acid groups is 1. The Morgan fingerprint density at radius 2 is 2.15 bits per heavy atom. The number of hydrogen-bond donors (Lipinski definition) is 3. The summed E-state index contributed by atoms with van der Waals surface area (Å²) in [5.41, 5.74) is 4.69. The van der Waals surface area contributed by atoms with Gasteiger partial charge in [0.25, 0.3) is 0 Å². The summed E-state index contributed by atoms with van der Waals surface area (Å²) in [6.45, 7) is -0.446. The number of aliphatic hydroxyl groups excluding tert-OH is 1. The van der Waals surface area contributed by atoms with E-state index in [2.05, 4.69) is 4.98 Å². The summed E-state index contributed by atoms with van der Waals surface area (Å²) in [7, 11) is -4.21. The normalized spacial score (nSPS) is 39.9. The van der Waals surface area contributed by atoms with Gasteiger partial charge in [0.15, 0.2) is 6.23 Å². The highest BCUT2D eigenvalue weighted by atomic mass is 31.2. The number of rotatable bonds is 2. The van der Waals surface area contributed by atoms with Gasteiger partial charge in [-0.05, 0) is 6.07 Å². The summed E-state index contributed by atoms with van der Waals surface area (Å²) in [5, 5.41) is 9.21. The van der Waals surface area contributed by atoms with Crippen molar-refractivity contribution < 1.29 is 28.3 Å². The van der Waals surface area contributed by atoms with Gasteiger partial charge in [0.05, 0.1) is 6.61 Å². The molecule has 20 heavy (non-hydrogen) atoms. The van der Waals surface area contributed by atoms with Gasteiger partial charge < -0.3 is 20.5 Å². The SMILES string of the molecule is Nc1ccn([C@@H]2O[C@H](CO)C3OP(=O)(O)O[C@@H]32)c(=O)n1. The fraction of sp³-hybridized carbons (Fsp3) is 0.556. The smallest absolute Gasteiger partial charge is 0.394 e. The Labute approximate surface area is 112 Å². The molecule has 0 amide bonds. The van der Waals surface area contributed by atoms with Gasteiger partial charge in [-0.3, -0.25) is 13.6 Å². The molecule has 1 aromatic rings. The average molecular weight is 305 g/mol. The van der Waals surface area contributed by atoms with E-state index in [4.69, 9.17) is 19.5 Å². The van der Waals surface area contributed by atoms with Crippen LogP contribution < -0.4 is 11.4 Å². The molecule has 10 nitrogen and oxygen atoms in total. The third kappa shape index (κ3) is 2.16. The molecule has 2 fully saturated rings. The van der Waals surface area contributed by atoms with Gasteiger partial charge in [0.1, 0.15) is 24.1 Å². The minimum Gasteiger partial charge on any atom is -0.394 e. The van der Waals surface area contributed by atoms with Crippen LogP contribution in [0.5, 0.6) is 0 Å². The van der Waals surface area contributed by atoms with Gasteiger partial charge >= 0.3 is 13.5 Å². The maximum Gasteiger partial charge on any atom is 0.473 e. The van der Waals surface area contributed by atoms with Crippen molar-refractivity contribution in [2.45, 2.75) is 24.5 Å². The highest BCUT2D eigenvalue weighted by molar-refractivity contribution is 7.47. The number of hydrogen-bond acceptors (Lipinski definition) is 8. The Kier molecular flexibility index (Phi) is 3.16. The van der Waals surface area contributed by atoms with E-state index in [9.17, 15) is 19.4 Å². The molecule has 1 aromatic heterocycles. The van der Waals surface area contributed by atoms with Crippen LogP contribution in [0.4, 0.5) is 5.82 Å². The van der Waals surface area contributed by atoms with E-state index in [0.717, 1.165) is 4.57 Å². The predicted octanol–water partition coefficient (Wildman–Crippen LogP) is -1.40. The van der Waals surface area contributed by atoms with E-state index in [0.29, 0.717) is 0 Å². The lowest BCUT2D eigenvalue weighted by Crippen LogP contribution is -2.34. The van der Waals surface area contributed by atoms with Gasteiger partial charge in [-0.25, -0.2) is 9.36 Å². The molecule has 11 heteroatoms. The summed E-state index contributed by atoms with van der Waals surface area (Å²) >= 11 is 0. The first-order chi connectivity index (χ1) is 9.41. The molecule has 0 saturated carbocycles. The van der Waals surface area contributed by atoms with Crippen molar-refractivity contribution in [1.29, 1.82) is 0 Å². The van der Waals surface area contributed by atoms with Crippen LogP contribution in [0, 0.1) is 0 Å². The number of aromatic nitrogens is 2. The fourth-order valence-electron chi connectivity index (χ4n) is 2.27. The van der Waals surface area contributed by atoms with Gasteiger partial charge in [-0.2, -0.15) is 4.98 Å². The standard InChI is InChI=1S/C9H12N3O7P/c10-5-1-2-12(9(14)11-5)8-7-6(4(3-13)17-8)18-20(15,16)19-7/h1-2,4,6-8,13H,3H2,(H,15,16)(H2,10,11,14)/t4-,6?,7+,8-/m1/s1. The van der Waals surface area contributed by atoms with Crippen molar-refractivity contribution in [3.8, 4) is 0 Å². The van der Waals surface area contributed by atoms with Crippen molar-refractivity contribution in [2.24, 2.45) is 0 Å². The molecule has 0 spiro atoms. The summed E-state index contributed by atoms with van der Waals surface area (Å²) in [6.07, 6.45) is -2.51. The van der Waals surface area contributed by atoms with Crippen molar-refractivity contribution in [3.63, 3.8) is 0 Å². The van der Waals surface area contributed by atoms with Crippen molar-refractivity contribution >= 4 is 13.6 Å². The first kappa shape index (κ1) is 13.7. The summed E-state index contributed by atoms with van der Waals surface area (Å²) < 4.78 is 27.7. The first-order valence-electron chi connectivity index (χ1n) is 5.72. The molecule has 0 aromatic carbocycles. The molecule has 110 valence electrons. The van der Waals surface area contributed by atoms with Gasteiger partial charge in [0, 0.05) is 6.20 Å². The Morgan fingerprint density at radius 1 is 1.45 bits per heavy atom. The second-order valence-corrected chi connectivity index (χ2v) is 5.76. The number of fused-ring (bicyclic) bond motifs is 1. The maximum absolute atomic E-state index is 11.8. The van der Waals surface area contributed by atoms with E-state index in [1.165, 1.54) is 12.3 Å². The maximum atomic E-state index is 11.8. The largest absolute Gasteiger partial charge is 0.473 e. The lowest BCUT2D eigenvalue weighted by molar-refractivity contribution is -0.0624. The summed E-state index contributed by atoms with van der Waals surface area (Å²) in [5.74, 6) is 0.0379. The number of aliphatic hydroxyl groups is 1. The van der Waals surface area contributed by atoms with Gasteiger partial charge in [-0.1, -0.05) is 0 Å². The molecule has 2 aliphatic rings. The number of ether oxygens (including phenoxy) is 1. The monoisotopic (exact) mass is 305 g/mol. The lowest BCUT2D eigenvalue weighted by atomic mass is 10.1. The molecule has 4 N–H and O–H groups in total. The molecule has 5 atom stereocenters. The molecular weight excluding hydrogens is 293 g/mol. The van der Waals surface area contributed by atoms with E-state index in [1.54, 1.807) is 0 Å². The van der Waals surface area contributed by atoms with Crippen LogP contribution in [0.25, 0.3) is 0 Å². The molecule has 2 saturated heterocycles. The summed E-state index contributed by atoms with van der Waals surface area (Å²) in [4.78, 5) is 24.7. The van der Waals surface area contributed by atoms with Crippen molar-refractivity contribution in [2.75, 3.05) is 12.3 Å².